The van der Waals surface area contributed by atoms with E-state index in [9.17, 15) is 13.2 Å². The van der Waals surface area contributed by atoms with Gasteiger partial charge in [-0.1, -0.05) is 12.8 Å². The lowest BCUT2D eigenvalue weighted by Gasteiger charge is -2.34. The van der Waals surface area contributed by atoms with Gasteiger partial charge in [-0.05, 0) is 26.9 Å². The summed E-state index contributed by atoms with van der Waals surface area (Å²) < 4.78 is 38.2. The molecule has 0 amide bonds. The minimum atomic E-state index is -4.05. The third kappa shape index (κ3) is 4.29. The van der Waals surface area contributed by atoms with E-state index in [0.29, 0.717) is 19.4 Å². The predicted molar refractivity (Wildman–Crippen MR) is 58.4 cm³/mol. The van der Waals surface area contributed by atoms with Crippen molar-refractivity contribution in [3.63, 3.8) is 0 Å². The van der Waals surface area contributed by atoms with Crippen LogP contribution in [0.1, 0.15) is 25.7 Å². The molecule has 2 unspecified atom stereocenters. The first-order valence-electron chi connectivity index (χ1n) is 5.86. The number of nitrogens with zero attached hydrogens (tertiary/aromatic N) is 1. The van der Waals surface area contributed by atoms with Crippen molar-refractivity contribution in [2.24, 2.45) is 5.92 Å². The lowest BCUT2D eigenvalue weighted by molar-refractivity contribution is -0.188. The maximum Gasteiger partial charge on any atom is 0.393 e. The smallest absolute Gasteiger partial charge is 0.312 e. The zero-order valence-electron chi connectivity index (χ0n) is 9.98. The minimum Gasteiger partial charge on any atom is -0.312 e. The molecule has 0 spiro atoms. The summed E-state index contributed by atoms with van der Waals surface area (Å²) in [4.78, 5) is 1.97. The van der Waals surface area contributed by atoms with Gasteiger partial charge in [0.2, 0.25) is 0 Å². The lowest BCUT2D eigenvalue weighted by atomic mass is 9.84. The van der Waals surface area contributed by atoms with E-state index in [0.717, 1.165) is 13.0 Å². The van der Waals surface area contributed by atoms with E-state index in [1.165, 1.54) is 0 Å². The van der Waals surface area contributed by atoms with Gasteiger partial charge in [0.05, 0.1) is 5.92 Å². The molecule has 2 atom stereocenters. The summed E-state index contributed by atoms with van der Waals surface area (Å²) in [5, 5.41) is 3.05. The van der Waals surface area contributed by atoms with Gasteiger partial charge in [0.1, 0.15) is 0 Å². The molecule has 1 rings (SSSR count). The fourth-order valence-electron chi connectivity index (χ4n) is 2.24. The lowest BCUT2D eigenvalue weighted by Crippen LogP contribution is -2.47. The number of nitrogens with one attached hydrogen (secondary N) is 1. The van der Waals surface area contributed by atoms with E-state index < -0.39 is 12.1 Å². The van der Waals surface area contributed by atoms with Crippen LogP contribution in [0.25, 0.3) is 0 Å². The number of rotatable bonds is 4. The van der Waals surface area contributed by atoms with Crippen molar-refractivity contribution >= 4 is 0 Å². The summed E-state index contributed by atoms with van der Waals surface area (Å²) in [6.07, 6.45) is -1.50. The van der Waals surface area contributed by atoms with Gasteiger partial charge < -0.3 is 10.2 Å². The second kappa shape index (κ2) is 5.87. The molecule has 1 N–H and O–H groups in total. The molecular formula is C11H21F3N2. The van der Waals surface area contributed by atoms with Gasteiger partial charge in [-0.25, -0.2) is 0 Å². The fraction of sp³-hybridized carbons (Fsp3) is 1.00. The molecule has 0 bridgehead atoms. The number of hydrogen-bond donors (Lipinski definition) is 1. The van der Waals surface area contributed by atoms with E-state index in [1.54, 1.807) is 0 Å². The zero-order valence-corrected chi connectivity index (χ0v) is 9.98. The summed E-state index contributed by atoms with van der Waals surface area (Å²) in [5.41, 5.74) is 0. The Kier molecular flexibility index (Phi) is 5.05. The number of hydrogen-bond acceptors (Lipinski definition) is 2. The molecule has 0 aliphatic heterocycles. The molecule has 16 heavy (non-hydrogen) atoms. The van der Waals surface area contributed by atoms with Crippen molar-refractivity contribution in [3.05, 3.63) is 0 Å². The largest absolute Gasteiger partial charge is 0.393 e. The van der Waals surface area contributed by atoms with Gasteiger partial charge in [-0.15, -0.1) is 0 Å². The number of halogens is 3. The van der Waals surface area contributed by atoms with E-state index in [1.807, 2.05) is 19.0 Å². The Bertz CT molecular complexity index is 204. The number of alkyl halides is 3. The third-order valence-electron chi connectivity index (χ3n) is 3.15. The van der Waals surface area contributed by atoms with Crippen LogP contribution < -0.4 is 5.32 Å². The van der Waals surface area contributed by atoms with Gasteiger partial charge in [-0.3, -0.25) is 0 Å². The summed E-state index contributed by atoms with van der Waals surface area (Å²) in [6, 6.07) is -0.381. The summed E-state index contributed by atoms with van der Waals surface area (Å²) in [6.45, 7) is 1.41. The van der Waals surface area contributed by atoms with Crippen molar-refractivity contribution in [2.45, 2.75) is 37.9 Å². The Labute approximate surface area is 95.2 Å². The SMILES string of the molecule is CN(C)CCNC1CCCCC1C(F)(F)F. The molecule has 0 saturated heterocycles. The van der Waals surface area contributed by atoms with Gasteiger partial charge in [-0.2, -0.15) is 13.2 Å². The van der Waals surface area contributed by atoms with E-state index >= 15 is 0 Å². The highest BCUT2D eigenvalue weighted by Gasteiger charge is 2.45. The summed E-state index contributed by atoms with van der Waals surface area (Å²) >= 11 is 0. The average Bonchev–Trinajstić information content (AvgIpc) is 2.16. The summed E-state index contributed by atoms with van der Waals surface area (Å²) in [7, 11) is 3.84. The van der Waals surface area contributed by atoms with Crippen LogP contribution in [0.3, 0.4) is 0 Å². The predicted octanol–water partition coefficient (Wildman–Crippen LogP) is 2.26. The van der Waals surface area contributed by atoms with E-state index in [2.05, 4.69) is 5.32 Å². The van der Waals surface area contributed by atoms with Crippen LogP contribution in [0.5, 0.6) is 0 Å². The molecule has 0 heterocycles. The van der Waals surface area contributed by atoms with E-state index in [-0.39, 0.29) is 12.5 Å². The van der Waals surface area contributed by atoms with Crippen molar-refractivity contribution in [1.82, 2.24) is 10.2 Å². The average molecular weight is 238 g/mol. The van der Waals surface area contributed by atoms with Crippen molar-refractivity contribution in [3.8, 4) is 0 Å². The Morgan fingerprint density at radius 2 is 1.81 bits per heavy atom. The highest BCUT2D eigenvalue weighted by atomic mass is 19.4. The quantitative estimate of drug-likeness (QED) is 0.808. The molecule has 1 saturated carbocycles. The van der Waals surface area contributed by atoms with Crippen LogP contribution >= 0.6 is 0 Å². The molecule has 0 aromatic rings. The normalized spacial score (nSPS) is 27.4. The minimum absolute atomic E-state index is 0.281. The van der Waals surface area contributed by atoms with Crippen molar-refractivity contribution in [1.29, 1.82) is 0 Å². The Morgan fingerprint density at radius 1 is 1.19 bits per heavy atom. The first-order chi connectivity index (χ1) is 7.41. The van der Waals surface area contributed by atoms with Gasteiger partial charge >= 0.3 is 6.18 Å². The monoisotopic (exact) mass is 238 g/mol. The molecule has 1 aliphatic rings. The summed E-state index contributed by atoms with van der Waals surface area (Å²) in [5.74, 6) is -1.15. The Balaban J connectivity index is 2.41. The molecule has 0 aromatic carbocycles. The van der Waals surface area contributed by atoms with Crippen LogP contribution in [0.15, 0.2) is 0 Å². The standard InChI is InChI=1S/C11H21F3N2/c1-16(2)8-7-15-10-6-4-3-5-9(10)11(12,13)14/h9-10,15H,3-8H2,1-2H3. The van der Waals surface area contributed by atoms with Gasteiger partial charge in [0.25, 0.3) is 0 Å². The maximum absolute atomic E-state index is 12.7. The molecule has 0 aromatic heterocycles. The zero-order chi connectivity index (χ0) is 12.2. The van der Waals surface area contributed by atoms with Gasteiger partial charge in [0, 0.05) is 19.1 Å². The molecular weight excluding hydrogens is 217 g/mol. The molecule has 5 heteroatoms. The van der Waals surface area contributed by atoms with Crippen LogP contribution in [0, 0.1) is 5.92 Å². The maximum atomic E-state index is 12.7. The third-order valence-corrected chi connectivity index (χ3v) is 3.15. The highest BCUT2D eigenvalue weighted by Crippen LogP contribution is 2.37. The first-order valence-corrected chi connectivity index (χ1v) is 5.86. The Morgan fingerprint density at radius 3 is 2.38 bits per heavy atom. The van der Waals surface area contributed by atoms with Crippen LogP contribution in [-0.2, 0) is 0 Å². The molecule has 2 nitrogen and oxygen atoms in total. The van der Waals surface area contributed by atoms with Crippen LogP contribution in [0.2, 0.25) is 0 Å². The van der Waals surface area contributed by atoms with Crippen LogP contribution in [-0.4, -0.2) is 44.3 Å². The highest BCUT2D eigenvalue weighted by molar-refractivity contribution is 4.85. The van der Waals surface area contributed by atoms with Crippen molar-refractivity contribution < 1.29 is 13.2 Å². The van der Waals surface area contributed by atoms with E-state index in [4.69, 9.17) is 0 Å². The Hall–Kier alpha value is -0.290. The number of likely N-dealkylation sites (N-methyl/N-ethyl adjacent to an activating group) is 1. The molecule has 96 valence electrons. The van der Waals surface area contributed by atoms with Crippen molar-refractivity contribution in [2.75, 3.05) is 27.2 Å². The van der Waals surface area contributed by atoms with Crippen LogP contribution in [0.4, 0.5) is 13.2 Å². The molecule has 1 aliphatic carbocycles. The second-order valence-corrected chi connectivity index (χ2v) is 4.80. The van der Waals surface area contributed by atoms with Gasteiger partial charge in [0.15, 0.2) is 0 Å². The first kappa shape index (κ1) is 13.8. The second-order valence-electron chi connectivity index (χ2n) is 4.80. The fourth-order valence-corrected chi connectivity index (χ4v) is 2.24. The topological polar surface area (TPSA) is 15.3 Å². The molecule has 0 radical (unpaired) electrons. The molecule has 1 fully saturated rings.